The summed E-state index contributed by atoms with van der Waals surface area (Å²) in [6.07, 6.45) is 1.71. The van der Waals surface area contributed by atoms with Gasteiger partial charge in [-0.3, -0.25) is 0 Å². The minimum Gasteiger partial charge on any atom is -0.497 e. The van der Waals surface area contributed by atoms with Crippen molar-refractivity contribution in [2.24, 2.45) is 0 Å². The molecule has 0 N–H and O–H groups in total. The molecule has 0 heterocycles. The van der Waals surface area contributed by atoms with Gasteiger partial charge in [0.25, 0.3) is 0 Å². The Morgan fingerprint density at radius 2 is 2.18 bits per heavy atom. The Morgan fingerprint density at radius 1 is 1.41 bits per heavy atom. The zero-order valence-electron chi connectivity index (χ0n) is 10.1. The molecule has 92 valence electrons. The lowest BCUT2D eigenvalue weighted by Crippen LogP contribution is -2.08. The summed E-state index contributed by atoms with van der Waals surface area (Å²) in [5.74, 6) is 0.301. The summed E-state index contributed by atoms with van der Waals surface area (Å²) < 4.78 is 10.0. The Hall–Kier alpha value is -1.84. The molecule has 0 saturated carbocycles. The normalized spacial score (nSPS) is 9.76. The summed E-state index contributed by atoms with van der Waals surface area (Å²) in [4.78, 5) is 22.1. The number of hydrogen-bond acceptors (Lipinski definition) is 4. The van der Waals surface area contributed by atoms with Crippen LogP contribution in [0.2, 0.25) is 0 Å². The van der Waals surface area contributed by atoms with Crippen LogP contribution in [0.3, 0.4) is 0 Å². The molecule has 1 rings (SSSR count). The van der Waals surface area contributed by atoms with Crippen molar-refractivity contribution in [2.45, 2.75) is 19.8 Å². The van der Waals surface area contributed by atoms with E-state index in [0.29, 0.717) is 30.8 Å². The fourth-order valence-corrected chi connectivity index (χ4v) is 1.53. The second-order valence-electron chi connectivity index (χ2n) is 3.45. The average Bonchev–Trinajstić information content (AvgIpc) is 2.36. The van der Waals surface area contributed by atoms with E-state index >= 15 is 0 Å². The molecular weight excluding hydrogens is 220 g/mol. The fraction of sp³-hybridized carbons (Fsp3) is 0.385. The van der Waals surface area contributed by atoms with Crippen molar-refractivity contribution in [2.75, 3.05) is 13.7 Å². The minimum absolute atomic E-state index is 0.331. The van der Waals surface area contributed by atoms with Crippen LogP contribution in [-0.2, 0) is 16.0 Å². The summed E-state index contributed by atoms with van der Waals surface area (Å²) in [5, 5.41) is 0. The third-order valence-corrected chi connectivity index (χ3v) is 2.34. The third kappa shape index (κ3) is 3.59. The highest BCUT2D eigenvalue weighted by atomic mass is 16.5. The first-order valence-corrected chi connectivity index (χ1v) is 5.50. The van der Waals surface area contributed by atoms with Gasteiger partial charge < -0.3 is 14.3 Å². The van der Waals surface area contributed by atoms with Crippen LogP contribution in [0.15, 0.2) is 18.2 Å². The summed E-state index contributed by atoms with van der Waals surface area (Å²) in [6, 6.07) is 5.13. The Labute approximate surface area is 101 Å². The van der Waals surface area contributed by atoms with Crippen LogP contribution in [0, 0.1) is 0 Å². The Bertz CT molecular complexity index is 398. The van der Waals surface area contributed by atoms with Gasteiger partial charge in [-0.1, -0.05) is 0 Å². The van der Waals surface area contributed by atoms with E-state index in [-0.39, 0.29) is 5.97 Å². The monoisotopic (exact) mass is 236 g/mol. The number of hydrogen-bond donors (Lipinski definition) is 0. The van der Waals surface area contributed by atoms with E-state index in [4.69, 9.17) is 9.47 Å². The average molecular weight is 236 g/mol. The lowest BCUT2D eigenvalue weighted by atomic mass is 10.0. The predicted molar refractivity (Wildman–Crippen MR) is 63.3 cm³/mol. The smallest absolute Gasteiger partial charge is 0.338 e. The third-order valence-electron chi connectivity index (χ3n) is 2.34. The fourth-order valence-electron chi connectivity index (χ4n) is 1.53. The van der Waals surface area contributed by atoms with E-state index in [1.807, 2.05) is 0 Å². The lowest BCUT2D eigenvalue weighted by Gasteiger charge is -2.09. The quantitative estimate of drug-likeness (QED) is 0.560. The van der Waals surface area contributed by atoms with Crippen LogP contribution < -0.4 is 4.74 Å². The lowest BCUT2D eigenvalue weighted by molar-refractivity contribution is -0.107. The van der Waals surface area contributed by atoms with E-state index in [1.165, 1.54) is 0 Å². The van der Waals surface area contributed by atoms with Crippen LogP contribution in [0.1, 0.15) is 29.3 Å². The highest BCUT2D eigenvalue weighted by Gasteiger charge is 2.13. The van der Waals surface area contributed by atoms with E-state index in [0.717, 1.165) is 11.8 Å². The molecule has 0 atom stereocenters. The Morgan fingerprint density at radius 3 is 2.76 bits per heavy atom. The van der Waals surface area contributed by atoms with Gasteiger partial charge >= 0.3 is 5.97 Å². The maximum atomic E-state index is 11.7. The molecule has 1 aromatic rings. The molecule has 0 aliphatic heterocycles. The van der Waals surface area contributed by atoms with E-state index < -0.39 is 0 Å². The van der Waals surface area contributed by atoms with Crippen molar-refractivity contribution in [3.63, 3.8) is 0 Å². The molecule has 0 bridgehead atoms. The molecule has 17 heavy (non-hydrogen) atoms. The molecule has 0 fully saturated rings. The molecular formula is C13H16O4. The van der Waals surface area contributed by atoms with Crippen molar-refractivity contribution >= 4 is 12.3 Å². The van der Waals surface area contributed by atoms with Gasteiger partial charge in [0.05, 0.1) is 19.3 Å². The maximum absolute atomic E-state index is 11.7. The molecule has 4 heteroatoms. The summed E-state index contributed by atoms with van der Waals surface area (Å²) in [7, 11) is 1.56. The SMILES string of the molecule is CCOC(=O)c1ccc(OC)cc1CCC=O. The zero-order chi connectivity index (χ0) is 12.7. The van der Waals surface area contributed by atoms with Gasteiger partial charge in [0, 0.05) is 6.42 Å². The number of methoxy groups -OCH3 is 1. The van der Waals surface area contributed by atoms with E-state index in [1.54, 1.807) is 32.2 Å². The molecule has 0 unspecified atom stereocenters. The first-order chi connectivity index (χ1) is 8.22. The first kappa shape index (κ1) is 13.2. The number of carbonyl (C=O) groups is 2. The number of aryl methyl sites for hydroxylation is 1. The Balaban J connectivity index is 3.00. The van der Waals surface area contributed by atoms with Crippen LogP contribution >= 0.6 is 0 Å². The van der Waals surface area contributed by atoms with Gasteiger partial charge in [0.2, 0.25) is 0 Å². The molecule has 0 aromatic heterocycles. The van der Waals surface area contributed by atoms with Crippen molar-refractivity contribution in [1.82, 2.24) is 0 Å². The molecule has 0 aliphatic carbocycles. The standard InChI is InChI=1S/C13H16O4/c1-3-17-13(15)12-7-6-11(16-2)9-10(12)5-4-8-14/h6-9H,3-5H2,1-2H3. The van der Waals surface area contributed by atoms with Crippen molar-refractivity contribution < 1.29 is 19.1 Å². The van der Waals surface area contributed by atoms with E-state index in [9.17, 15) is 9.59 Å². The highest BCUT2D eigenvalue weighted by Crippen LogP contribution is 2.19. The van der Waals surface area contributed by atoms with Gasteiger partial charge in [-0.05, 0) is 37.1 Å². The van der Waals surface area contributed by atoms with E-state index in [2.05, 4.69) is 0 Å². The molecule has 4 nitrogen and oxygen atoms in total. The van der Waals surface area contributed by atoms with Gasteiger partial charge in [0.15, 0.2) is 0 Å². The first-order valence-electron chi connectivity index (χ1n) is 5.50. The summed E-state index contributed by atoms with van der Waals surface area (Å²) >= 11 is 0. The Kier molecular flexibility index (Phi) is 5.20. The predicted octanol–water partition coefficient (Wildman–Crippen LogP) is 2.00. The van der Waals surface area contributed by atoms with Crippen molar-refractivity contribution in [3.05, 3.63) is 29.3 Å². The van der Waals surface area contributed by atoms with Crippen LogP contribution in [0.4, 0.5) is 0 Å². The topological polar surface area (TPSA) is 52.6 Å². The molecule has 1 aromatic carbocycles. The van der Waals surface area contributed by atoms with Gasteiger partial charge in [0.1, 0.15) is 12.0 Å². The largest absolute Gasteiger partial charge is 0.497 e. The van der Waals surface area contributed by atoms with Gasteiger partial charge in [-0.15, -0.1) is 0 Å². The second kappa shape index (κ2) is 6.68. The molecule has 0 spiro atoms. The number of rotatable bonds is 6. The molecule has 0 aliphatic rings. The van der Waals surface area contributed by atoms with Crippen LogP contribution in [0.25, 0.3) is 0 Å². The molecule has 0 amide bonds. The molecule has 0 radical (unpaired) electrons. The van der Waals surface area contributed by atoms with Crippen LogP contribution in [-0.4, -0.2) is 26.0 Å². The highest BCUT2D eigenvalue weighted by molar-refractivity contribution is 5.91. The van der Waals surface area contributed by atoms with Crippen LogP contribution in [0.5, 0.6) is 5.75 Å². The zero-order valence-corrected chi connectivity index (χ0v) is 10.1. The second-order valence-corrected chi connectivity index (χ2v) is 3.45. The van der Waals surface area contributed by atoms with Crippen molar-refractivity contribution in [3.8, 4) is 5.75 Å². The number of ether oxygens (including phenoxy) is 2. The summed E-state index contributed by atoms with van der Waals surface area (Å²) in [6.45, 7) is 2.09. The number of carbonyl (C=O) groups excluding carboxylic acids is 2. The summed E-state index contributed by atoms with van der Waals surface area (Å²) in [5.41, 5.74) is 1.27. The molecule has 0 saturated heterocycles. The van der Waals surface area contributed by atoms with Crippen molar-refractivity contribution in [1.29, 1.82) is 0 Å². The number of esters is 1. The minimum atomic E-state index is -0.365. The maximum Gasteiger partial charge on any atom is 0.338 e. The van der Waals surface area contributed by atoms with Gasteiger partial charge in [-0.25, -0.2) is 4.79 Å². The van der Waals surface area contributed by atoms with Gasteiger partial charge in [-0.2, -0.15) is 0 Å². The number of benzene rings is 1. The number of aldehydes is 1.